The van der Waals surface area contributed by atoms with E-state index in [-0.39, 0.29) is 6.09 Å². The predicted molar refractivity (Wildman–Crippen MR) is 119 cm³/mol. The molecule has 1 aliphatic carbocycles. The summed E-state index contributed by atoms with van der Waals surface area (Å²) in [5, 5.41) is 2.91. The van der Waals surface area contributed by atoms with Gasteiger partial charge in [-0.15, -0.1) is 0 Å². The van der Waals surface area contributed by atoms with Gasteiger partial charge >= 0.3 is 6.09 Å². The number of aromatic nitrogens is 3. The highest BCUT2D eigenvalue weighted by molar-refractivity contribution is 14.1. The number of imidazole rings is 1. The molecule has 3 aromatic rings. The SMILES string of the molecule is Nc1nccn2c(C3CCC(CNC(=O)OCc4ccccc4)CC3)nc(I)c12. The van der Waals surface area contributed by atoms with Crippen LogP contribution in [0.1, 0.15) is 43.0 Å². The zero-order valence-corrected chi connectivity index (χ0v) is 18.2. The summed E-state index contributed by atoms with van der Waals surface area (Å²) in [7, 11) is 0. The zero-order valence-electron chi connectivity index (χ0n) is 16.1. The van der Waals surface area contributed by atoms with E-state index in [4.69, 9.17) is 15.5 Å². The summed E-state index contributed by atoms with van der Waals surface area (Å²) in [5.41, 5.74) is 7.91. The topological polar surface area (TPSA) is 94.5 Å². The number of nitrogen functional groups attached to an aromatic ring is 1. The van der Waals surface area contributed by atoms with E-state index in [2.05, 4.69) is 37.3 Å². The Hall–Kier alpha value is -2.36. The number of fused-ring (bicyclic) bond motifs is 1. The van der Waals surface area contributed by atoms with E-state index in [0.717, 1.165) is 46.3 Å². The third-order valence-corrected chi connectivity index (χ3v) is 6.28. The van der Waals surface area contributed by atoms with Gasteiger partial charge < -0.3 is 15.8 Å². The molecule has 1 saturated carbocycles. The smallest absolute Gasteiger partial charge is 0.407 e. The Morgan fingerprint density at radius 3 is 2.76 bits per heavy atom. The fourth-order valence-corrected chi connectivity index (χ4v) is 4.74. The second-order valence-electron chi connectivity index (χ2n) is 7.45. The highest BCUT2D eigenvalue weighted by Crippen LogP contribution is 2.36. The maximum atomic E-state index is 12.0. The lowest BCUT2D eigenvalue weighted by Gasteiger charge is -2.27. The number of nitrogens with one attached hydrogen (secondary N) is 1. The van der Waals surface area contributed by atoms with Gasteiger partial charge in [-0.1, -0.05) is 30.3 Å². The highest BCUT2D eigenvalue weighted by Gasteiger charge is 2.27. The van der Waals surface area contributed by atoms with E-state index < -0.39 is 0 Å². The molecule has 152 valence electrons. The molecule has 8 heteroatoms. The average Bonchev–Trinajstić information content (AvgIpc) is 3.09. The lowest BCUT2D eigenvalue weighted by molar-refractivity contribution is 0.136. The minimum atomic E-state index is -0.354. The van der Waals surface area contributed by atoms with Crippen LogP contribution in [-0.2, 0) is 11.3 Å². The van der Waals surface area contributed by atoms with Crippen molar-refractivity contribution < 1.29 is 9.53 Å². The third-order valence-electron chi connectivity index (χ3n) is 5.53. The molecule has 0 aliphatic heterocycles. The lowest BCUT2D eigenvalue weighted by Crippen LogP contribution is -2.31. The second-order valence-corrected chi connectivity index (χ2v) is 8.47. The first kappa shape index (κ1) is 19.9. The number of rotatable bonds is 5. The minimum absolute atomic E-state index is 0.295. The van der Waals surface area contributed by atoms with Crippen molar-refractivity contribution in [1.82, 2.24) is 19.7 Å². The molecule has 29 heavy (non-hydrogen) atoms. The summed E-state index contributed by atoms with van der Waals surface area (Å²) >= 11 is 2.22. The highest BCUT2D eigenvalue weighted by atomic mass is 127. The Morgan fingerprint density at radius 1 is 1.24 bits per heavy atom. The molecule has 0 radical (unpaired) electrons. The van der Waals surface area contributed by atoms with Crippen LogP contribution in [0.15, 0.2) is 42.7 Å². The standard InChI is InChI=1S/C21H24IN5O2/c22-18-17-19(23)24-10-11-27(17)20(26-18)16-8-6-14(7-9-16)12-25-21(28)29-13-15-4-2-1-3-5-15/h1-5,10-11,14,16H,6-9,12-13H2,(H2,23,24)(H,25,28). The summed E-state index contributed by atoms with van der Waals surface area (Å²) < 4.78 is 8.26. The van der Waals surface area contributed by atoms with Crippen LogP contribution >= 0.6 is 22.6 Å². The number of ether oxygens (including phenoxy) is 1. The quantitative estimate of drug-likeness (QED) is 0.509. The van der Waals surface area contributed by atoms with E-state index in [0.29, 0.717) is 30.8 Å². The number of nitrogens with zero attached hydrogens (tertiary/aromatic N) is 3. The fourth-order valence-electron chi connectivity index (χ4n) is 3.96. The Labute approximate surface area is 183 Å². The molecule has 2 aromatic heterocycles. The Bertz CT molecular complexity index is 983. The predicted octanol–water partition coefficient (Wildman–Crippen LogP) is 4.12. The molecule has 2 heterocycles. The van der Waals surface area contributed by atoms with E-state index in [1.165, 1.54) is 0 Å². The molecule has 1 amide bonds. The number of amides is 1. The maximum Gasteiger partial charge on any atom is 0.407 e. The molecule has 3 N–H and O–H groups in total. The number of hydrogen-bond acceptors (Lipinski definition) is 5. The van der Waals surface area contributed by atoms with Gasteiger partial charge in [0.25, 0.3) is 0 Å². The molecule has 0 unspecified atom stereocenters. The van der Waals surface area contributed by atoms with Crippen molar-refractivity contribution in [1.29, 1.82) is 0 Å². The number of nitrogens with two attached hydrogens (primary N) is 1. The van der Waals surface area contributed by atoms with Crippen molar-refractivity contribution in [3.05, 3.63) is 57.8 Å². The molecular formula is C21H24IN5O2. The lowest BCUT2D eigenvalue weighted by atomic mass is 9.81. The minimum Gasteiger partial charge on any atom is -0.445 e. The van der Waals surface area contributed by atoms with Crippen LogP contribution in [0.4, 0.5) is 10.6 Å². The van der Waals surface area contributed by atoms with Crippen molar-refractivity contribution in [2.24, 2.45) is 5.92 Å². The van der Waals surface area contributed by atoms with Crippen molar-refractivity contribution in [2.45, 2.75) is 38.2 Å². The van der Waals surface area contributed by atoms with Gasteiger partial charge in [0.15, 0.2) is 5.82 Å². The Balaban J connectivity index is 1.27. The van der Waals surface area contributed by atoms with Crippen LogP contribution in [0.5, 0.6) is 0 Å². The summed E-state index contributed by atoms with van der Waals surface area (Å²) in [6, 6.07) is 9.70. The number of halogens is 1. The summed E-state index contributed by atoms with van der Waals surface area (Å²) in [6.45, 7) is 0.945. The average molecular weight is 505 g/mol. The van der Waals surface area contributed by atoms with Gasteiger partial charge in [-0.3, -0.25) is 4.40 Å². The largest absolute Gasteiger partial charge is 0.445 e. The molecule has 1 aliphatic rings. The first-order valence-electron chi connectivity index (χ1n) is 9.84. The molecule has 0 bridgehead atoms. The van der Waals surface area contributed by atoms with Crippen molar-refractivity contribution in [2.75, 3.05) is 12.3 Å². The maximum absolute atomic E-state index is 12.0. The number of carbonyl (C=O) groups is 1. The van der Waals surface area contributed by atoms with Crippen LogP contribution in [0.3, 0.4) is 0 Å². The first-order chi connectivity index (χ1) is 14.1. The second kappa shape index (κ2) is 8.98. The molecule has 4 rings (SSSR count). The van der Waals surface area contributed by atoms with E-state index in [1.807, 2.05) is 36.5 Å². The van der Waals surface area contributed by atoms with Crippen LogP contribution in [0.2, 0.25) is 0 Å². The van der Waals surface area contributed by atoms with Gasteiger partial charge in [-0.25, -0.2) is 14.8 Å². The fraction of sp³-hybridized carbons (Fsp3) is 0.381. The van der Waals surface area contributed by atoms with Crippen molar-refractivity contribution in [3.63, 3.8) is 0 Å². The van der Waals surface area contributed by atoms with E-state index >= 15 is 0 Å². The summed E-state index contributed by atoms with van der Waals surface area (Å²) in [5.74, 6) is 2.44. The van der Waals surface area contributed by atoms with Crippen LogP contribution in [-0.4, -0.2) is 27.0 Å². The van der Waals surface area contributed by atoms with Gasteiger partial charge in [0, 0.05) is 24.9 Å². The van der Waals surface area contributed by atoms with E-state index in [1.54, 1.807) is 6.20 Å². The van der Waals surface area contributed by atoms with Gasteiger partial charge in [0.1, 0.15) is 21.6 Å². The first-order valence-corrected chi connectivity index (χ1v) is 10.9. The number of carbonyl (C=O) groups excluding carboxylic acids is 1. The number of alkyl carbamates (subject to hydrolysis) is 1. The molecule has 0 saturated heterocycles. The summed E-state index contributed by atoms with van der Waals surface area (Å²) in [4.78, 5) is 20.9. The van der Waals surface area contributed by atoms with Crippen LogP contribution in [0.25, 0.3) is 5.52 Å². The molecule has 1 fully saturated rings. The van der Waals surface area contributed by atoms with E-state index in [9.17, 15) is 4.79 Å². The van der Waals surface area contributed by atoms with Crippen molar-refractivity contribution >= 4 is 40.0 Å². The number of anilines is 1. The molecule has 0 atom stereocenters. The van der Waals surface area contributed by atoms with Gasteiger partial charge in [-0.2, -0.15) is 0 Å². The third kappa shape index (κ3) is 4.63. The van der Waals surface area contributed by atoms with Gasteiger partial charge in [0.05, 0.1) is 0 Å². The summed E-state index contributed by atoms with van der Waals surface area (Å²) in [6.07, 6.45) is 7.50. The van der Waals surface area contributed by atoms with Gasteiger partial charge in [-0.05, 0) is 59.8 Å². The van der Waals surface area contributed by atoms with Gasteiger partial charge in [0.2, 0.25) is 0 Å². The molecule has 1 aromatic carbocycles. The molecular weight excluding hydrogens is 481 g/mol. The van der Waals surface area contributed by atoms with Crippen LogP contribution in [0, 0.1) is 9.62 Å². The molecule has 0 spiro atoms. The normalized spacial score (nSPS) is 19.2. The van der Waals surface area contributed by atoms with Crippen molar-refractivity contribution in [3.8, 4) is 0 Å². The Kier molecular flexibility index (Phi) is 6.17. The zero-order chi connectivity index (χ0) is 20.2. The van der Waals surface area contributed by atoms with Crippen LogP contribution < -0.4 is 11.1 Å². The molecule has 7 nitrogen and oxygen atoms in total. The Morgan fingerprint density at radius 2 is 2.00 bits per heavy atom. The monoisotopic (exact) mass is 505 g/mol. The number of benzene rings is 1. The number of hydrogen-bond donors (Lipinski definition) is 2.